The molecule has 0 bridgehead atoms. The van der Waals surface area contributed by atoms with Crippen LogP contribution in [-0.2, 0) is 10.0 Å². The summed E-state index contributed by atoms with van der Waals surface area (Å²) in [5, 5.41) is 1.29. The maximum absolute atomic E-state index is 11.9. The van der Waals surface area contributed by atoms with Gasteiger partial charge in [0, 0.05) is 17.4 Å². The summed E-state index contributed by atoms with van der Waals surface area (Å²) in [6.45, 7) is 0. The topological polar surface area (TPSA) is 76.1 Å². The van der Waals surface area contributed by atoms with Gasteiger partial charge < -0.3 is 0 Å². The number of hydrogen-bond acceptors (Lipinski definition) is 4. The molecule has 0 aliphatic carbocycles. The Morgan fingerprint density at radius 3 is 2.64 bits per heavy atom. The zero-order chi connectivity index (χ0) is 16.2. The number of nitrogens with one attached hydrogen (secondary N) is 1. The van der Waals surface area contributed by atoms with E-state index in [1.807, 2.05) is 4.72 Å². The largest absolute Gasteiger partial charge is 0.268 e. The zero-order valence-corrected chi connectivity index (χ0v) is 13.4. The second-order valence-corrected chi connectivity index (χ2v) is 6.60. The minimum Gasteiger partial charge on any atom is -0.268 e. The minimum absolute atomic E-state index is 0.0180. The van der Waals surface area contributed by atoms with Gasteiger partial charge in [0.2, 0.25) is 0 Å². The van der Waals surface area contributed by atoms with E-state index in [0.29, 0.717) is 10.6 Å². The van der Waals surface area contributed by atoms with Crippen LogP contribution in [0.4, 0.5) is 0 Å². The first-order valence-corrected chi connectivity index (χ1v) is 8.28. The molecule has 1 aromatic carbocycles. The molecule has 0 radical (unpaired) electrons. The SMILES string of the molecule is O=C(NS(=O)(=O)/C=C/c1cccnc1)c1ccc(Cl)cc1Cl. The Hall–Kier alpha value is -1.89. The van der Waals surface area contributed by atoms with Crippen LogP contribution >= 0.6 is 23.2 Å². The molecule has 1 N–H and O–H groups in total. The molecule has 2 aromatic rings. The molecule has 114 valence electrons. The first-order valence-electron chi connectivity index (χ1n) is 5.98. The molecule has 0 saturated carbocycles. The van der Waals surface area contributed by atoms with Crippen molar-refractivity contribution >= 4 is 45.2 Å². The zero-order valence-electron chi connectivity index (χ0n) is 11.0. The number of sulfonamides is 1. The fraction of sp³-hybridized carbons (Fsp3) is 0. The summed E-state index contributed by atoms with van der Waals surface area (Å²) >= 11 is 11.6. The normalized spacial score (nSPS) is 11.5. The van der Waals surface area contributed by atoms with Gasteiger partial charge in [0.25, 0.3) is 15.9 Å². The van der Waals surface area contributed by atoms with Gasteiger partial charge in [-0.15, -0.1) is 0 Å². The summed E-state index contributed by atoms with van der Waals surface area (Å²) < 4.78 is 25.6. The fourth-order valence-electron chi connectivity index (χ4n) is 1.53. The first-order chi connectivity index (χ1) is 10.4. The van der Waals surface area contributed by atoms with Gasteiger partial charge in [-0.3, -0.25) is 9.78 Å². The number of amides is 1. The van der Waals surface area contributed by atoms with E-state index in [4.69, 9.17) is 23.2 Å². The average molecular weight is 357 g/mol. The average Bonchev–Trinajstić information content (AvgIpc) is 2.45. The molecule has 0 saturated heterocycles. The summed E-state index contributed by atoms with van der Waals surface area (Å²) in [6, 6.07) is 7.49. The van der Waals surface area contributed by atoms with Crippen molar-refractivity contribution in [3.8, 4) is 0 Å². The first kappa shape index (κ1) is 16.5. The molecule has 1 aromatic heterocycles. The molecule has 0 aliphatic rings. The van der Waals surface area contributed by atoms with Gasteiger partial charge in [-0.05, 0) is 35.9 Å². The molecule has 1 amide bonds. The van der Waals surface area contributed by atoms with E-state index in [-0.39, 0.29) is 10.6 Å². The number of nitrogens with zero attached hydrogens (tertiary/aromatic N) is 1. The van der Waals surface area contributed by atoms with Gasteiger partial charge in [0.1, 0.15) is 0 Å². The van der Waals surface area contributed by atoms with Gasteiger partial charge in [-0.25, -0.2) is 13.1 Å². The molecule has 8 heteroatoms. The molecule has 5 nitrogen and oxygen atoms in total. The summed E-state index contributed by atoms with van der Waals surface area (Å²) in [5.74, 6) is -0.836. The Bertz CT molecular complexity index is 821. The third kappa shape index (κ3) is 4.56. The molecule has 0 fully saturated rings. The van der Waals surface area contributed by atoms with E-state index in [2.05, 4.69) is 4.98 Å². The fourth-order valence-corrected chi connectivity index (χ4v) is 2.80. The van der Waals surface area contributed by atoms with E-state index in [9.17, 15) is 13.2 Å². The highest BCUT2D eigenvalue weighted by Gasteiger charge is 2.16. The predicted octanol–water partition coefficient (Wildman–Crippen LogP) is 3.12. The second kappa shape index (κ2) is 6.91. The summed E-state index contributed by atoms with van der Waals surface area (Å²) in [4.78, 5) is 15.8. The van der Waals surface area contributed by atoms with Gasteiger partial charge in [-0.2, -0.15) is 0 Å². The van der Waals surface area contributed by atoms with Crippen LogP contribution in [0.3, 0.4) is 0 Å². The van der Waals surface area contributed by atoms with Crippen molar-refractivity contribution in [2.75, 3.05) is 0 Å². The van der Waals surface area contributed by atoms with E-state index < -0.39 is 15.9 Å². The molecule has 0 atom stereocenters. The molecule has 1 heterocycles. The third-order valence-corrected chi connectivity index (χ3v) is 4.05. The lowest BCUT2D eigenvalue weighted by Gasteiger charge is -2.05. The number of carbonyl (C=O) groups is 1. The Balaban J connectivity index is 2.14. The van der Waals surface area contributed by atoms with Gasteiger partial charge in [0.15, 0.2) is 0 Å². The van der Waals surface area contributed by atoms with Gasteiger partial charge in [0.05, 0.1) is 16.0 Å². The highest BCUT2D eigenvalue weighted by molar-refractivity contribution is 7.93. The van der Waals surface area contributed by atoms with Crippen LogP contribution in [0.25, 0.3) is 6.08 Å². The van der Waals surface area contributed by atoms with E-state index in [0.717, 1.165) is 5.41 Å². The molecule has 0 unspecified atom stereocenters. The van der Waals surface area contributed by atoms with Crippen molar-refractivity contribution in [3.05, 3.63) is 69.3 Å². The Labute approximate surface area is 137 Å². The van der Waals surface area contributed by atoms with Crippen LogP contribution in [0.15, 0.2) is 48.1 Å². The lowest BCUT2D eigenvalue weighted by Crippen LogP contribution is -2.29. The highest BCUT2D eigenvalue weighted by Crippen LogP contribution is 2.21. The Kier molecular flexibility index (Phi) is 5.18. The number of carbonyl (C=O) groups excluding carboxylic acids is 1. The molecular weight excluding hydrogens is 347 g/mol. The second-order valence-electron chi connectivity index (χ2n) is 4.19. The van der Waals surface area contributed by atoms with E-state index in [1.54, 1.807) is 18.3 Å². The molecule has 0 aliphatic heterocycles. The number of hydrogen-bond donors (Lipinski definition) is 1. The smallest absolute Gasteiger partial charge is 0.266 e. The van der Waals surface area contributed by atoms with Crippen LogP contribution in [0, 0.1) is 0 Å². The molecule has 2 rings (SSSR count). The lowest BCUT2D eigenvalue weighted by atomic mass is 10.2. The number of benzene rings is 1. The molecule has 0 spiro atoms. The van der Waals surface area contributed by atoms with E-state index in [1.165, 1.54) is 30.5 Å². The summed E-state index contributed by atoms with van der Waals surface area (Å²) in [6.07, 6.45) is 4.38. The summed E-state index contributed by atoms with van der Waals surface area (Å²) in [7, 11) is -3.95. The maximum Gasteiger partial charge on any atom is 0.266 e. The van der Waals surface area contributed by atoms with Crippen LogP contribution in [-0.4, -0.2) is 19.3 Å². The molecule has 22 heavy (non-hydrogen) atoms. The van der Waals surface area contributed by atoms with Gasteiger partial charge >= 0.3 is 0 Å². The highest BCUT2D eigenvalue weighted by atomic mass is 35.5. The van der Waals surface area contributed by atoms with Crippen molar-refractivity contribution in [1.29, 1.82) is 0 Å². The van der Waals surface area contributed by atoms with E-state index >= 15 is 0 Å². The quantitative estimate of drug-likeness (QED) is 0.912. The number of aromatic nitrogens is 1. The number of pyridine rings is 1. The van der Waals surface area contributed by atoms with Crippen LogP contribution < -0.4 is 4.72 Å². The Morgan fingerprint density at radius 1 is 1.23 bits per heavy atom. The number of halogens is 2. The van der Waals surface area contributed by atoms with Gasteiger partial charge in [-0.1, -0.05) is 29.3 Å². The van der Waals surface area contributed by atoms with Crippen molar-refractivity contribution in [2.45, 2.75) is 0 Å². The lowest BCUT2D eigenvalue weighted by molar-refractivity contribution is 0.0982. The van der Waals surface area contributed by atoms with Crippen LogP contribution in [0.5, 0.6) is 0 Å². The monoisotopic (exact) mass is 356 g/mol. The van der Waals surface area contributed by atoms with Crippen molar-refractivity contribution in [3.63, 3.8) is 0 Å². The summed E-state index contributed by atoms with van der Waals surface area (Å²) in [5.41, 5.74) is 0.606. The third-order valence-electron chi connectivity index (χ3n) is 2.53. The minimum atomic E-state index is -3.95. The Morgan fingerprint density at radius 2 is 2.00 bits per heavy atom. The van der Waals surface area contributed by atoms with Crippen molar-refractivity contribution in [2.24, 2.45) is 0 Å². The molecular formula is C14H10Cl2N2O3S. The van der Waals surface area contributed by atoms with Crippen LogP contribution in [0.1, 0.15) is 15.9 Å². The number of rotatable bonds is 4. The maximum atomic E-state index is 11.9. The van der Waals surface area contributed by atoms with Crippen LogP contribution in [0.2, 0.25) is 10.0 Å². The standard InChI is InChI=1S/C14H10Cl2N2O3S/c15-11-3-4-12(13(16)8-11)14(19)18-22(20,21)7-5-10-2-1-6-17-9-10/h1-9H,(H,18,19)/b7-5+. The predicted molar refractivity (Wildman–Crippen MR) is 86.1 cm³/mol. The van der Waals surface area contributed by atoms with Crippen molar-refractivity contribution < 1.29 is 13.2 Å². The van der Waals surface area contributed by atoms with Crippen molar-refractivity contribution in [1.82, 2.24) is 9.71 Å².